The van der Waals surface area contributed by atoms with Crippen molar-refractivity contribution < 1.29 is 14.0 Å². The van der Waals surface area contributed by atoms with Crippen LogP contribution in [0.1, 0.15) is 53.6 Å². The molecule has 1 atom stereocenters. The molecule has 0 saturated heterocycles. The molecule has 0 spiro atoms. The minimum Gasteiger partial charge on any atom is -0.337 e. The SMILES string of the molecule is CC(C)(C)[C@H]1CCc2c(sc(N=Cc3cn(CC(=O)Nc4ccc(F)cc4)c4ccccc34)c2C(=O)Nc2ccc(Cl)cc2)C1. The molecule has 2 heterocycles. The van der Waals surface area contributed by atoms with Crippen LogP contribution in [-0.2, 0) is 24.2 Å². The number of benzene rings is 3. The van der Waals surface area contributed by atoms with Crippen molar-refractivity contribution in [3.8, 4) is 0 Å². The second-order valence-corrected chi connectivity index (χ2v) is 14.0. The van der Waals surface area contributed by atoms with E-state index < -0.39 is 0 Å². The molecule has 6 rings (SSSR count). The number of carbonyl (C=O) groups excluding carboxylic acids is 2. The normalized spacial score (nSPS) is 14.9. The van der Waals surface area contributed by atoms with Gasteiger partial charge in [-0.15, -0.1) is 11.3 Å². The van der Waals surface area contributed by atoms with Crippen molar-refractivity contribution in [2.45, 2.75) is 46.6 Å². The number of hydrogen-bond donors (Lipinski definition) is 2. The van der Waals surface area contributed by atoms with E-state index in [-0.39, 0.29) is 29.6 Å². The molecule has 0 bridgehead atoms. The van der Waals surface area contributed by atoms with E-state index in [1.807, 2.05) is 35.0 Å². The Morgan fingerprint density at radius 3 is 2.44 bits per heavy atom. The van der Waals surface area contributed by atoms with Crippen LogP contribution in [0.25, 0.3) is 10.9 Å². The van der Waals surface area contributed by atoms with Crippen molar-refractivity contribution in [3.63, 3.8) is 0 Å². The summed E-state index contributed by atoms with van der Waals surface area (Å²) in [6.45, 7) is 6.90. The van der Waals surface area contributed by atoms with Gasteiger partial charge in [-0.05, 0) is 90.8 Å². The van der Waals surface area contributed by atoms with Crippen LogP contribution in [0.15, 0.2) is 84.0 Å². The molecule has 0 aliphatic heterocycles. The number of aliphatic imine (C=N–C) groups is 1. The van der Waals surface area contributed by atoms with Crippen LogP contribution in [0.4, 0.5) is 20.8 Å². The number of carbonyl (C=O) groups is 2. The number of thiophene rings is 1. The molecule has 9 heteroatoms. The van der Waals surface area contributed by atoms with Crippen LogP contribution in [0, 0.1) is 17.2 Å². The number of aromatic nitrogens is 1. The molecule has 2 aromatic heterocycles. The zero-order valence-corrected chi connectivity index (χ0v) is 26.9. The van der Waals surface area contributed by atoms with E-state index in [0.717, 1.165) is 41.3 Å². The zero-order valence-electron chi connectivity index (χ0n) is 25.4. The Labute approximate surface area is 271 Å². The predicted octanol–water partition coefficient (Wildman–Crippen LogP) is 9.29. The summed E-state index contributed by atoms with van der Waals surface area (Å²) in [5, 5.41) is 8.09. The average Bonchev–Trinajstić information content (AvgIpc) is 3.55. The van der Waals surface area contributed by atoms with Gasteiger partial charge in [0.1, 0.15) is 17.4 Å². The fraction of sp³-hybridized carbons (Fsp3) is 0.250. The highest BCUT2D eigenvalue weighted by Crippen LogP contribution is 2.45. The summed E-state index contributed by atoms with van der Waals surface area (Å²) >= 11 is 7.65. The van der Waals surface area contributed by atoms with Gasteiger partial charge in [-0.25, -0.2) is 9.38 Å². The van der Waals surface area contributed by atoms with E-state index in [9.17, 15) is 14.0 Å². The van der Waals surface area contributed by atoms with Gasteiger partial charge in [-0.1, -0.05) is 50.6 Å². The maximum atomic E-state index is 13.8. The quantitative estimate of drug-likeness (QED) is 0.174. The lowest BCUT2D eigenvalue weighted by Gasteiger charge is -2.33. The van der Waals surface area contributed by atoms with Crippen molar-refractivity contribution in [1.29, 1.82) is 0 Å². The average molecular weight is 641 g/mol. The Bertz CT molecular complexity index is 1900. The maximum Gasteiger partial charge on any atom is 0.259 e. The van der Waals surface area contributed by atoms with Crippen molar-refractivity contribution in [1.82, 2.24) is 4.57 Å². The van der Waals surface area contributed by atoms with E-state index in [1.54, 1.807) is 41.8 Å². The number of nitrogens with zero attached hydrogens (tertiary/aromatic N) is 2. The topological polar surface area (TPSA) is 75.5 Å². The predicted molar refractivity (Wildman–Crippen MR) is 183 cm³/mol. The third-order valence-electron chi connectivity index (χ3n) is 8.38. The van der Waals surface area contributed by atoms with Gasteiger partial charge in [0.2, 0.25) is 5.91 Å². The second-order valence-electron chi connectivity index (χ2n) is 12.5. The third-order valence-corrected chi connectivity index (χ3v) is 9.80. The summed E-state index contributed by atoms with van der Waals surface area (Å²) in [4.78, 5) is 32.8. The fourth-order valence-electron chi connectivity index (χ4n) is 5.89. The largest absolute Gasteiger partial charge is 0.337 e. The number of anilines is 2. The molecule has 6 nitrogen and oxygen atoms in total. The highest BCUT2D eigenvalue weighted by atomic mass is 35.5. The van der Waals surface area contributed by atoms with Crippen molar-refractivity contribution in [2.24, 2.45) is 16.3 Å². The first-order valence-electron chi connectivity index (χ1n) is 14.9. The first-order valence-corrected chi connectivity index (χ1v) is 16.1. The van der Waals surface area contributed by atoms with Crippen LogP contribution < -0.4 is 10.6 Å². The van der Waals surface area contributed by atoms with Crippen LogP contribution in [0.2, 0.25) is 5.02 Å². The summed E-state index contributed by atoms with van der Waals surface area (Å²) in [7, 11) is 0. The van der Waals surface area contributed by atoms with Gasteiger partial charge in [-0.3, -0.25) is 9.59 Å². The summed E-state index contributed by atoms with van der Waals surface area (Å²) in [5.74, 6) is -0.256. The van der Waals surface area contributed by atoms with E-state index >= 15 is 0 Å². The number of para-hydroxylation sites is 1. The highest BCUT2D eigenvalue weighted by Gasteiger charge is 2.33. The molecule has 3 aromatic carbocycles. The summed E-state index contributed by atoms with van der Waals surface area (Å²) in [6.07, 6.45) is 6.45. The monoisotopic (exact) mass is 640 g/mol. The van der Waals surface area contributed by atoms with Gasteiger partial charge in [0.05, 0.1) is 5.56 Å². The molecule has 1 aliphatic rings. The van der Waals surface area contributed by atoms with E-state index in [4.69, 9.17) is 16.6 Å². The molecule has 0 fully saturated rings. The lowest BCUT2D eigenvalue weighted by Crippen LogP contribution is -2.27. The molecule has 2 amide bonds. The maximum absolute atomic E-state index is 13.8. The number of rotatable bonds is 7. The number of hydrogen-bond acceptors (Lipinski definition) is 4. The summed E-state index contributed by atoms with van der Waals surface area (Å²) < 4.78 is 15.2. The molecule has 5 aromatic rings. The Kier molecular flexibility index (Phi) is 8.62. The number of amides is 2. The molecule has 1 aliphatic carbocycles. The van der Waals surface area contributed by atoms with Crippen molar-refractivity contribution >= 4 is 68.2 Å². The summed E-state index contributed by atoms with van der Waals surface area (Å²) in [6, 6.07) is 20.6. The minimum absolute atomic E-state index is 0.0714. The molecule has 0 unspecified atom stereocenters. The smallest absolute Gasteiger partial charge is 0.259 e. The van der Waals surface area contributed by atoms with Gasteiger partial charge in [0.25, 0.3) is 5.91 Å². The Morgan fingerprint density at radius 1 is 1.02 bits per heavy atom. The first-order chi connectivity index (χ1) is 21.5. The van der Waals surface area contributed by atoms with Crippen LogP contribution >= 0.6 is 22.9 Å². The molecule has 0 radical (unpaired) electrons. The van der Waals surface area contributed by atoms with Crippen LogP contribution in [0.3, 0.4) is 0 Å². The van der Waals surface area contributed by atoms with Gasteiger partial charge >= 0.3 is 0 Å². The Morgan fingerprint density at radius 2 is 1.71 bits per heavy atom. The second kappa shape index (κ2) is 12.6. The first kappa shape index (κ1) is 30.7. The Hall–Kier alpha value is -4.27. The Balaban J connectivity index is 1.32. The molecular formula is C36H34ClFN4O2S. The van der Waals surface area contributed by atoms with Crippen molar-refractivity contribution in [2.75, 3.05) is 10.6 Å². The molecular weight excluding hydrogens is 607 g/mol. The molecule has 0 saturated carbocycles. The fourth-order valence-corrected chi connectivity index (χ4v) is 7.28. The molecule has 2 N–H and O–H groups in total. The van der Waals surface area contributed by atoms with Gasteiger partial charge in [-0.2, -0.15) is 0 Å². The van der Waals surface area contributed by atoms with Crippen LogP contribution in [-0.4, -0.2) is 22.6 Å². The van der Waals surface area contributed by atoms with Crippen LogP contribution in [0.5, 0.6) is 0 Å². The summed E-state index contributed by atoms with van der Waals surface area (Å²) in [5.41, 5.74) is 4.79. The van der Waals surface area contributed by atoms with Gasteiger partial charge < -0.3 is 15.2 Å². The van der Waals surface area contributed by atoms with E-state index in [2.05, 4.69) is 31.4 Å². The van der Waals surface area contributed by atoms with Gasteiger partial charge in [0, 0.05) is 50.2 Å². The van der Waals surface area contributed by atoms with E-state index in [1.165, 1.54) is 29.1 Å². The highest BCUT2D eigenvalue weighted by molar-refractivity contribution is 7.16. The lowest BCUT2D eigenvalue weighted by atomic mass is 9.72. The molecule has 45 heavy (non-hydrogen) atoms. The molecule has 230 valence electrons. The van der Waals surface area contributed by atoms with Gasteiger partial charge in [0.15, 0.2) is 0 Å². The number of nitrogens with one attached hydrogen (secondary N) is 2. The number of fused-ring (bicyclic) bond motifs is 2. The van der Waals surface area contributed by atoms with E-state index in [0.29, 0.717) is 32.9 Å². The zero-order chi connectivity index (χ0) is 31.7. The lowest BCUT2D eigenvalue weighted by molar-refractivity contribution is -0.116. The third kappa shape index (κ3) is 6.87. The standard InChI is InChI=1S/C36H34ClFN4O2S/c1-36(2,3)23-8-17-29-31(18-23)45-35(33(29)34(44)41-27-13-9-24(37)10-14-27)39-19-22-20-42(30-7-5-4-6-28(22)30)21-32(43)40-26-15-11-25(38)12-16-26/h4-7,9-16,19-20,23H,8,17-18,21H2,1-3H3,(H,40,43)(H,41,44)/t23-/m0/s1. The number of halogens is 2. The minimum atomic E-state index is -0.362. The van der Waals surface area contributed by atoms with Crippen molar-refractivity contribution in [3.05, 3.63) is 111 Å².